The Balaban J connectivity index is 0.000000238. The smallest absolute Gasteiger partial charge is 0.423 e. The minimum Gasteiger partial charge on any atom is -0.423 e. The van der Waals surface area contributed by atoms with E-state index >= 15 is 0 Å². The fourth-order valence-corrected chi connectivity index (χ4v) is 1.43. The average Bonchev–Trinajstić information content (AvgIpc) is 2.81. The fourth-order valence-electron chi connectivity index (χ4n) is 1.43. The van der Waals surface area contributed by atoms with E-state index in [0.29, 0.717) is 6.07 Å². The first-order valence-corrected chi connectivity index (χ1v) is 5.96. The molecule has 0 fully saturated rings. The highest BCUT2D eigenvalue weighted by molar-refractivity contribution is 6.58. The molecule has 2 heterocycles. The Morgan fingerprint density at radius 3 is 1.96 bits per heavy atom. The summed E-state index contributed by atoms with van der Waals surface area (Å²) in [5.41, 5.74) is -1.38. The van der Waals surface area contributed by atoms with Gasteiger partial charge in [-0.25, -0.2) is 4.39 Å². The van der Waals surface area contributed by atoms with Crippen molar-refractivity contribution in [2.24, 2.45) is 7.05 Å². The summed E-state index contributed by atoms with van der Waals surface area (Å²) in [5, 5.41) is 37.3. The first-order chi connectivity index (χ1) is 10.5. The molecule has 0 unspecified atom stereocenters. The molecule has 13 heteroatoms. The Hall–Kier alpha value is -1.95. The van der Waals surface area contributed by atoms with Gasteiger partial charge in [0.1, 0.15) is 5.82 Å². The molecule has 2 aromatic rings. The van der Waals surface area contributed by atoms with Crippen molar-refractivity contribution >= 4 is 25.3 Å². The highest BCUT2D eigenvalue weighted by Gasteiger charge is 2.35. The molecular formula is C10H11B2F4N3O4. The maximum absolute atomic E-state index is 12.2. The number of rotatable bonds is 2. The number of aryl methyl sites for hydroxylation is 1. The third kappa shape index (κ3) is 5.63. The largest absolute Gasteiger partial charge is 0.507 e. The van der Waals surface area contributed by atoms with Crippen LogP contribution in [-0.2, 0) is 13.2 Å². The molecule has 2 rings (SSSR count). The highest BCUT2D eigenvalue weighted by atomic mass is 19.4. The maximum Gasteiger partial charge on any atom is 0.507 e. The normalized spacial score (nSPS) is 10.8. The van der Waals surface area contributed by atoms with Gasteiger partial charge < -0.3 is 20.1 Å². The minimum absolute atomic E-state index is 0.0556. The van der Waals surface area contributed by atoms with Crippen LogP contribution in [0.15, 0.2) is 24.5 Å². The Kier molecular flexibility index (Phi) is 6.27. The molecule has 0 aliphatic heterocycles. The SMILES string of the molecule is Cn1nc(C(F)(F)F)cc1B(O)O.OB(O)c1cncc(F)c1. The van der Waals surface area contributed by atoms with Crippen molar-refractivity contribution in [1.82, 2.24) is 14.8 Å². The van der Waals surface area contributed by atoms with Gasteiger partial charge in [0.05, 0.1) is 11.8 Å². The summed E-state index contributed by atoms with van der Waals surface area (Å²) in [5.74, 6) is -0.578. The van der Waals surface area contributed by atoms with E-state index in [4.69, 9.17) is 20.1 Å². The maximum atomic E-state index is 12.2. The number of hydrogen-bond acceptors (Lipinski definition) is 6. The van der Waals surface area contributed by atoms with Crippen LogP contribution < -0.4 is 11.1 Å². The Morgan fingerprint density at radius 2 is 1.65 bits per heavy atom. The van der Waals surface area contributed by atoms with Crippen LogP contribution in [0, 0.1) is 5.82 Å². The van der Waals surface area contributed by atoms with Gasteiger partial charge in [0.2, 0.25) is 0 Å². The van der Waals surface area contributed by atoms with E-state index < -0.39 is 31.9 Å². The molecular weight excluding hydrogens is 324 g/mol. The average molecular weight is 335 g/mol. The summed E-state index contributed by atoms with van der Waals surface area (Å²) in [4.78, 5) is 3.41. The number of pyridine rings is 1. The van der Waals surface area contributed by atoms with Crippen molar-refractivity contribution in [3.05, 3.63) is 36.0 Å². The number of halogens is 4. The summed E-state index contributed by atoms with van der Waals surface area (Å²) in [6.07, 6.45) is -2.38. The van der Waals surface area contributed by atoms with E-state index in [1.165, 1.54) is 13.2 Å². The Morgan fingerprint density at radius 1 is 1.04 bits per heavy atom. The summed E-state index contributed by atoms with van der Waals surface area (Å²) in [7, 11) is -2.40. The van der Waals surface area contributed by atoms with Gasteiger partial charge >= 0.3 is 20.4 Å². The van der Waals surface area contributed by atoms with Crippen LogP contribution in [0.3, 0.4) is 0 Å². The predicted molar refractivity (Wildman–Crippen MR) is 72.1 cm³/mol. The van der Waals surface area contributed by atoms with Gasteiger partial charge in [-0.1, -0.05) is 0 Å². The first kappa shape index (κ1) is 19.1. The van der Waals surface area contributed by atoms with Gasteiger partial charge in [0.25, 0.3) is 0 Å². The molecule has 0 spiro atoms. The second-order valence-corrected chi connectivity index (χ2v) is 4.26. The van der Waals surface area contributed by atoms with Gasteiger partial charge in [-0.3, -0.25) is 9.67 Å². The lowest BCUT2D eigenvalue weighted by Crippen LogP contribution is -2.35. The van der Waals surface area contributed by atoms with E-state index in [2.05, 4.69) is 10.1 Å². The summed E-state index contributed by atoms with van der Waals surface area (Å²) < 4.78 is 49.0. The minimum atomic E-state index is -4.56. The second kappa shape index (κ2) is 7.55. The number of alkyl halides is 3. The summed E-state index contributed by atoms with van der Waals surface area (Å²) in [6, 6.07) is 1.60. The van der Waals surface area contributed by atoms with Crippen molar-refractivity contribution in [3.8, 4) is 0 Å². The van der Waals surface area contributed by atoms with Gasteiger partial charge in [-0.05, 0) is 12.1 Å². The van der Waals surface area contributed by atoms with E-state index in [-0.39, 0.29) is 11.1 Å². The monoisotopic (exact) mass is 335 g/mol. The van der Waals surface area contributed by atoms with Crippen molar-refractivity contribution in [2.75, 3.05) is 0 Å². The molecule has 23 heavy (non-hydrogen) atoms. The van der Waals surface area contributed by atoms with Crippen LogP contribution >= 0.6 is 0 Å². The predicted octanol–water partition coefficient (Wildman–Crippen LogP) is -1.98. The number of aromatic nitrogens is 3. The molecule has 0 amide bonds. The molecule has 4 N–H and O–H groups in total. The van der Waals surface area contributed by atoms with E-state index in [1.54, 1.807) is 0 Å². The lowest BCUT2D eigenvalue weighted by molar-refractivity contribution is -0.141. The van der Waals surface area contributed by atoms with Crippen LogP contribution in [0.5, 0.6) is 0 Å². The zero-order valence-electron chi connectivity index (χ0n) is 11.6. The van der Waals surface area contributed by atoms with Gasteiger partial charge in [0.15, 0.2) is 5.69 Å². The van der Waals surface area contributed by atoms with Crippen LogP contribution in [0.4, 0.5) is 17.6 Å². The van der Waals surface area contributed by atoms with Gasteiger partial charge in [-0.2, -0.15) is 18.3 Å². The molecule has 7 nitrogen and oxygen atoms in total. The molecule has 0 aliphatic carbocycles. The van der Waals surface area contributed by atoms with Crippen molar-refractivity contribution in [1.29, 1.82) is 0 Å². The van der Waals surface area contributed by atoms with Gasteiger partial charge in [-0.15, -0.1) is 0 Å². The zero-order valence-corrected chi connectivity index (χ0v) is 11.6. The van der Waals surface area contributed by atoms with Crippen LogP contribution in [-0.4, -0.2) is 49.1 Å². The van der Waals surface area contributed by atoms with Crippen molar-refractivity contribution < 1.29 is 37.7 Å². The second-order valence-electron chi connectivity index (χ2n) is 4.26. The van der Waals surface area contributed by atoms with Crippen molar-refractivity contribution in [2.45, 2.75) is 6.18 Å². The molecule has 0 saturated carbocycles. The third-order valence-electron chi connectivity index (χ3n) is 2.50. The molecule has 124 valence electrons. The van der Waals surface area contributed by atoms with Crippen LogP contribution in [0.25, 0.3) is 0 Å². The zero-order chi connectivity index (χ0) is 17.8. The van der Waals surface area contributed by atoms with Crippen LogP contribution in [0.2, 0.25) is 0 Å². The Bertz CT molecular complexity index is 651. The van der Waals surface area contributed by atoms with E-state index in [0.717, 1.165) is 16.9 Å². The molecule has 0 aliphatic rings. The molecule has 0 radical (unpaired) electrons. The fraction of sp³-hybridized carbons (Fsp3) is 0.200. The highest BCUT2D eigenvalue weighted by Crippen LogP contribution is 2.26. The lowest BCUT2D eigenvalue weighted by atomic mass is 9.82. The molecule has 0 bridgehead atoms. The van der Waals surface area contributed by atoms with E-state index in [9.17, 15) is 17.6 Å². The van der Waals surface area contributed by atoms with Crippen LogP contribution in [0.1, 0.15) is 5.69 Å². The molecule has 0 atom stereocenters. The molecule has 0 aromatic carbocycles. The lowest BCUT2D eigenvalue weighted by Gasteiger charge is -1.99. The van der Waals surface area contributed by atoms with E-state index in [1.807, 2.05) is 0 Å². The van der Waals surface area contributed by atoms with Crippen molar-refractivity contribution in [3.63, 3.8) is 0 Å². The summed E-state index contributed by atoms with van der Waals surface area (Å²) in [6.45, 7) is 0. The summed E-state index contributed by atoms with van der Waals surface area (Å²) >= 11 is 0. The quantitative estimate of drug-likeness (QED) is 0.374. The standard InChI is InChI=1S/C5H6BF3N2O2.C5H5BFNO2/c1-11-4(6(12)13)2-3(10-11)5(7,8)9;7-5-1-4(6(9)10)2-8-3-5/h2,12-13H,1H3;1-3,9-10H. The molecule has 0 saturated heterocycles. The Labute approximate surface area is 128 Å². The number of hydrogen-bond donors (Lipinski definition) is 4. The van der Waals surface area contributed by atoms with Gasteiger partial charge in [0, 0.05) is 18.7 Å². The third-order valence-corrected chi connectivity index (χ3v) is 2.50. The first-order valence-electron chi connectivity index (χ1n) is 5.96. The topological polar surface area (TPSA) is 112 Å². The molecule has 2 aromatic heterocycles. The number of nitrogens with zero attached hydrogens (tertiary/aromatic N) is 3.